The van der Waals surface area contributed by atoms with Gasteiger partial charge in [0, 0.05) is 43.9 Å². The highest BCUT2D eigenvalue weighted by molar-refractivity contribution is 7.20. The predicted octanol–water partition coefficient (Wildman–Crippen LogP) is 14.2. The minimum absolute atomic E-state index is 0.0383. The second-order valence-corrected chi connectivity index (χ2v) is 29.0. The van der Waals surface area contributed by atoms with Crippen LogP contribution in [0.2, 0.25) is 0 Å². The Morgan fingerprint density at radius 3 is 1.00 bits per heavy atom. The highest BCUT2D eigenvalue weighted by atomic mass is 28.3. The van der Waals surface area contributed by atoms with Gasteiger partial charge in [-0.3, -0.25) is 9.13 Å². The lowest BCUT2D eigenvalue weighted by Crippen LogP contribution is -2.74. The number of fused-ring (bicyclic) bond motifs is 9. The van der Waals surface area contributed by atoms with Crippen molar-refractivity contribution in [1.82, 2.24) is 23.7 Å². The van der Waals surface area contributed by atoms with Crippen molar-refractivity contribution in [3.8, 4) is 28.7 Å². The van der Waals surface area contributed by atoms with E-state index in [1.165, 1.54) is 15.2 Å². The molecule has 89 heavy (non-hydrogen) atoms. The first-order valence-corrected chi connectivity index (χ1v) is 32.7. The Bertz CT molecular complexity index is 6570. The van der Waals surface area contributed by atoms with E-state index in [-0.39, 0.29) is 76.5 Å². The number of hydrogen-bond acceptors (Lipinski definition) is 2. The second kappa shape index (κ2) is 21.3. The van der Waals surface area contributed by atoms with Crippen LogP contribution in [0.15, 0.2) is 345 Å². The van der Waals surface area contributed by atoms with Crippen LogP contribution in [0, 0.1) is 0 Å². The Labute approximate surface area is 550 Å². The van der Waals surface area contributed by atoms with Crippen LogP contribution in [0.25, 0.3) is 94.1 Å². The van der Waals surface area contributed by atoms with Gasteiger partial charge in [-0.2, -0.15) is 4.98 Å². The van der Waals surface area contributed by atoms with Crippen LogP contribution in [0.5, 0.6) is 0 Å². The van der Waals surface area contributed by atoms with Crippen molar-refractivity contribution >= 4 is 123 Å². The molecule has 0 unspecified atom stereocenters. The first-order chi connectivity index (χ1) is 53.7. The van der Waals surface area contributed by atoms with Crippen LogP contribution in [-0.2, 0) is 0 Å². The first kappa shape index (κ1) is 33.6. The highest BCUT2D eigenvalue weighted by Gasteiger charge is 2.43. The van der Waals surface area contributed by atoms with Crippen molar-refractivity contribution in [3.63, 3.8) is 0 Å². The van der Waals surface area contributed by atoms with Crippen molar-refractivity contribution in [2.45, 2.75) is 0 Å². The fraction of sp³-hybridized carbons (Fsp3) is 0. The van der Waals surface area contributed by atoms with Crippen LogP contribution in [0.3, 0.4) is 0 Å². The molecule has 17 rings (SSSR count). The van der Waals surface area contributed by atoms with E-state index in [9.17, 15) is 26.0 Å². The minimum atomic E-state index is -4.17. The van der Waals surface area contributed by atoms with Crippen LogP contribution in [-0.4, -0.2) is 39.8 Å². The molecule has 4 heterocycles. The van der Waals surface area contributed by atoms with Gasteiger partial charge in [0.2, 0.25) is 5.95 Å². The largest absolute Gasteiger partial charge is 0.309 e. The Balaban J connectivity index is 1.16. The molecule has 0 aliphatic heterocycles. The van der Waals surface area contributed by atoms with Gasteiger partial charge in [0.05, 0.1) is 76.0 Å². The van der Waals surface area contributed by atoms with Crippen LogP contribution < -0.4 is 41.5 Å². The van der Waals surface area contributed by atoms with Crippen molar-refractivity contribution in [3.05, 3.63) is 345 Å². The fourth-order valence-electron chi connectivity index (χ4n) is 13.2. The van der Waals surface area contributed by atoms with Crippen LogP contribution >= 0.6 is 0 Å². The van der Waals surface area contributed by atoms with Gasteiger partial charge in [-0.1, -0.05) is 297 Å². The average Bonchev–Trinajstić information content (AvgIpc) is 1.36. The monoisotopic (exact) mass is 1190 g/mol. The lowest BCUT2D eigenvalue weighted by molar-refractivity contribution is 0.951. The van der Waals surface area contributed by atoms with Gasteiger partial charge in [0.15, 0.2) is 16.1 Å². The van der Waals surface area contributed by atoms with E-state index in [1.807, 2.05) is 188 Å². The van der Waals surface area contributed by atoms with Crippen molar-refractivity contribution in [2.75, 3.05) is 0 Å². The molecule has 0 spiro atoms. The third kappa shape index (κ3) is 8.13. The molecule has 0 fully saturated rings. The summed E-state index contributed by atoms with van der Waals surface area (Å²) in [6.07, 6.45) is 0. The third-order valence-corrected chi connectivity index (χ3v) is 26.3. The molecule has 0 bridgehead atoms. The predicted molar refractivity (Wildman–Crippen MR) is 378 cm³/mol. The number of hydrogen-bond donors (Lipinski definition) is 0. The lowest BCUT2D eigenvalue weighted by atomic mass is 10.1. The molecule has 4 aromatic heterocycles. The number of benzene rings is 13. The molecule has 0 N–H and O–H groups in total. The Kier molecular flexibility index (Phi) is 8.06. The van der Waals surface area contributed by atoms with E-state index in [0.29, 0.717) is 20.7 Å². The molecule has 17 aromatic rings. The summed E-state index contributed by atoms with van der Waals surface area (Å²) < 4.78 is 227. The van der Waals surface area contributed by atoms with E-state index in [0.717, 1.165) is 20.1 Å². The number of nitrogens with zero attached hydrogens (tertiary/aromatic N) is 5. The van der Waals surface area contributed by atoms with Gasteiger partial charge in [0.1, 0.15) is 5.82 Å². The standard InChI is InChI=1S/C82H57N5Si2/c1-7-29-58(30-8-1)88(59-31-9-2-10-32-59,60-33-11-3-12-34-60)64-52-54-79(85-74-46-24-19-41-66(74)67-42-20-25-47-75(67)85)72(55-64)73-57-81(84-82(83-73)87-77-49-27-22-43-68(77)69-44-23-28-50-78(69)87)86-76-48-26-21-45-70(76)71-53-51-65(56-80(71)86)89(61-35-13-4-14-36-61,62-37-15-5-16-38-62)63-39-17-6-18-40-63/h1-57H/i19D,20D,21D,22D,23D,24D,25D,26D,27D,28D,41D,42D,43D,44D,45D,46D,47D,48D,49D,50D,51D,53D,56D. The zero-order valence-electron chi connectivity index (χ0n) is 69.9. The summed E-state index contributed by atoms with van der Waals surface area (Å²) in [4.78, 5) is 10.8. The maximum atomic E-state index is 11.3. The van der Waals surface area contributed by atoms with Gasteiger partial charge in [-0.25, -0.2) is 4.98 Å². The molecule has 0 atom stereocenters. The van der Waals surface area contributed by atoms with E-state index in [4.69, 9.17) is 15.5 Å². The van der Waals surface area contributed by atoms with Crippen molar-refractivity contribution in [1.29, 1.82) is 0 Å². The summed E-state index contributed by atoms with van der Waals surface area (Å²) in [6, 6.07) is 47.3. The van der Waals surface area contributed by atoms with Crippen molar-refractivity contribution < 1.29 is 31.5 Å². The van der Waals surface area contributed by atoms with Crippen molar-refractivity contribution in [2.24, 2.45) is 0 Å². The average molecular weight is 1190 g/mol. The molecule has 7 heteroatoms. The fourth-order valence-corrected chi connectivity index (χ4v) is 22.5. The summed E-state index contributed by atoms with van der Waals surface area (Å²) in [5, 5.41) is 3.15. The van der Waals surface area contributed by atoms with Gasteiger partial charge >= 0.3 is 0 Å². The smallest absolute Gasteiger partial charge is 0.237 e. The Hall–Kier alpha value is -11.2. The zero-order chi connectivity index (χ0) is 78.9. The second-order valence-electron chi connectivity index (χ2n) is 21.4. The maximum absolute atomic E-state index is 11.3. The van der Waals surface area contributed by atoms with Gasteiger partial charge in [-0.05, 0) is 83.8 Å². The quantitative estimate of drug-likeness (QED) is 0.0903. The van der Waals surface area contributed by atoms with Crippen LogP contribution in [0.4, 0.5) is 0 Å². The number of rotatable bonds is 12. The normalized spacial score (nSPS) is 15.7. The summed E-state index contributed by atoms with van der Waals surface area (Å²) in [7, 11) is -8.02. The maximum Gasteiger partial charge on any atom is 0.237 e. The molecule has 418 valence electrons. The molecule has 0 amide bonds. The van der Waals surface area contributed by atoms with Crippen LogP contribution in [0.1, 0.15) is 31.5 Å². The van der Waals surface area contributed by atoms with E-state index < -0.39 is 178 Å². The first-order valence-electron chi connectivity index (χ1n) is 40.2. The SMILES string of the molecule is [2H]c1c([2H])c([2H])c2c(c1[2H])c1c([2H])c([2H])c([Si](c3ccccc3)(c3ccccc3)c3ccccc3)c([2H])c1n2-c1cc(-c2cc([Si](c3ccccc3)(c3ccccc3)c3ccccc3)ccc2-n2c3c([2H])c([2H])c([2H])c([2H])c3c3c([2H])c([2H])c([2H])c([2H])c32)nc(-n2c3c([2H])c([2H])c([2H])c([2H])c3c3c([2H])c([2H])c([2H])c([2H])c32)n1. The van der Waals surface area contributed by atoms with E-state index in [2.05, 4.69) is 0 Å². The molecule has 13 aromatic carbocycles. The summed E-state index contributed by atoms with van der Waals surface area (Å²) >= 11 is 0. The lowest BCUT2D eigenvalue weighted by Gasteiger charge is -2.35. The van der Waals surface area contributed by atoms with Gasteiger partial charge in [0.25, 0.3) is 0 Å². The zero-order valence-corrected chi connectivity index (χ0v) is 48.9. The molecule has 0 saturated carbocycles. The topological polar surface area (TPSA) is 40.6 Å². The molecular formula is C82H57N5Si2. The minimum Gasteiger partial charge on any atom is -0.309 e. The molecule has 0 aliphatic carbocycles. The Morgan fingerprint density at radius 1 is 0.270 bits per heavy atom. The summed E-state index contributed by atoms with van der Waals surface area (Å²) in [5.74, 6) is -1.07. The molecule has 0 radical (unpaired) electrons. The highest BCUT2D eigenvalue weighted by Crippen LogP contribution is 2.39. The molecule has 5 nitrogen and oxygen atoms in total. The van der Waals surface area contributed by atoms with E-state index >= 15 is 0 Å². The van der Waals surface area contributed by atoms with Gasteiger partial charge in [-0.15, -0.1) is 0 Å². The van der Waals surface area contributed by atoms with E-state index in [1.54, 1.807) is 12.1 Å². The molecule has 0 aliphatic rings. The third-order valence-electron chi connectivity index (χ3n) is 16.9. The number of aromatic nitrogens is 5. The summed E-state index contributed by atoms with van der Waals surface area (Å²) in [5.41, 5.74) is -2.63. The number of para-hydroxylation sites is 5. The Morgan fingerprint density at radius 2 is 0.607 bits per heavy atom. The summed E-state index contributed by atoms with van der Waals surface area (Å²) in [6.45, 7) is 0. The molecular weight excluding hydrogens is 1110 g/mol. The molecule has 0 saturated heterocycles. The van der Waals surface area contributed by atoms with Gasteiger partial charge < -0.3 is 4.57 Å².